The Hall–Kier alpha value is -2.30. The Kier molecular flexibility index (Phi) is 3.32. The summed E-state index contributed by atoms with van der Waals surface area (Å²) >= 11 is 0. The second-order valence-corrected chi connectivity index (χ2v) is 3.98. The van der Waals surface area contributed by atoms with Gasteiger partial charge in [-0.25, -0.2) is 4.98 Å². The van der Waals surface area contributed by atoms with Gasteiger partial charge in [0, 0.05) is 22.7 Å². The predicted octanol–water partition coefficient (Wildman–Crippen LogP) is 1.71. The van der Waals surface area contributed by atoms with Gasteiger partial charge >= 0.3 is 5.97 Å². The average Bonchev–Trinajstić information content (AvgIpc) is 2.40. The van der Waals surface area contributed by atoms with E-state index >= 15 is 0 Å². The van der Waals surface area contributed by atoms with Crippen molar-refractivity contribution in [1.29, 1.82) is 0 Å². The quantitative estimate of drug-likeness (QED) is 0.636. The fourth-order valence-electron chi connectivity index (χ4n) is 1.85. The number of pyridine rings is 1. The van der Waals surface area contributed by atoms with Crippen molar-refractivity contribution < 1.29 is 9.53 Å². The lowest BCUT2D eigenvalue weighted by atomic mass is 10.1. The van der Waals surface area contributed by atoms with Crippen molar-refractivity contribution >= 4 is 28.2 Å². The van der Waals surface area contributed by atoms with Gasteiger partial charge in [-0.2, -0.15) is 0 Å². The summed E-state index contributed by atoms with van der Waals surface area (Å²) in [5, 5.41) is 4.83. The highest BCUT2D eigenvalue weighted by Crippen LogP contribution is 2.28. The molecular weight excluding hydrogens is 230 g/mol. The highest BCUT2D eigenvalue weighted by Gasteiger charge is 2.08. The minimum absolute atomic E-state index is 0.0802. The minimum atomic E-state index is -0.338. The van der Waals surface area contributed by atoms with Gasteiger partial charge in [-0.15, -0.1) is 0 Å². The van der Waals surface area contributed by atoms with Crippen LogP contribution >= 0.6 is 0 Å². The molecule has 0 amide bonds. The molecule has 0 saturated heterocycles. The number of nitrogens with zero attached hydrogens (tertiary/aromatic N) is 1. The zero-order chi connectivity index (χ0) is 13.1. The number of methoxy groups -OCH3 is 1. The van der Waals surface area contributed by atoms with E-state index in [0.717, 1.165) is 16.3 Å². The molecule has 0 bridgehead atoms. The number of aryl methyl sites for hydroxylation is 1. The summed E-state index contributed by atoms with van der Waals surface area (Å²) in [6.07, 6.45) is 1.66. The topological polar surface area (TPSA) is 77.2 Å². The van der Waals surface area contributed by atoms with Gasteiger partial charge in [-0.3, -0.25) is 4.79 Å². The lowest BCUT2D eigenvalue weighted by Crippen LogP contribution is -2.16. The fraction of sp³-hybridized carbons (Fsp3) is 0.231. The molecule has 0 fully saturated rings. The van der Waals surface area contributed by atoms with Gasteiger partial charge < -0.3 is 15.8 Å². The number of anilines is 2. The number of hydrogen-bond acceptors (Lipinski definition) is 5. The Morgan fingerprint density at radius 2 is 2.22 bits per heavy atom. The first-order valence-corrected chi connectivity index (χ1v) is 5.58. The maximum Gasteiger partial charge on any atom is 0.325 e. The molecule has 0 radical (unpaired) electrons. The third-order valence-corrected chi connectivity index (χ3v) is 2.80. The van der Waals surface area contributed by atoms with Crippen LogP contribution in [0.4, 0.5) is 11.5 Å². The molecule has 3 N–H and O–H groups in total. The first kappa shape index (κ1) is 12.2. The number of fused-ring (bicyclic) bond motifs is 1. The van der Waals surface area contributed by atoms with Crippen LogP contribution in [0.25, 0.3) is 10.8 Å². The van der Waals surface area contributed by atoms with Crippen molar-refractivity contribution in [3.05, 3.63) is 30.0 Å². The molecular formula is C13H15N3O2. The van der Waals surface area contributed by atoms with Crippen molar-refractivity contribution in [3.63, 3.8) is 0 Å². The summed E-state index contributed by atoms with van der Waals surface area (Å²) < 4.78 is 4.58. The molecule has 0 aliphatic rings. The van der Waals surface area contributed by atoms with Gasteiger partial charge in [0.2, 0.25) is 0 Å². The van der Waals surface area contributed by atoms with Crippen molar-refractivity contribution in [2.45, 2.75) is 6.92 Å². The number of nitrogens with one attached hydrogen (secondary N) is 1. The van der Waals surface area contributed by atoms with Crippen LogP contribution in [0, 0.1) is 6.92 Å². The molecule has 2 aromatic rings. The number of hydrogen-bond donors (Lipinski definition) is 2. The number of carbonyl (C=O) groups excluding carboxylic acids is 1. The Morgan fingerprint density at radius 3 is 2.94 bits per heavy atom. The van der Waals surface area contributed by atoms with E-state index in [4.69, 9.17) is 5.73 Å². The minimum Gasteiger partial charge on any atom is -0.468 e. The molecule has 0 aliphatic carbocycles. The van der Waals surface area contributed by atoms with E-state index in [2.05, 4.69) is 15.0 Å². The largest absolute Gasteiger partial charge is 0.468 e. The van der Waals surface area contributed by atoms with E-state index in [-0.39, 0.29) is 12.5 Å². The fourth-order valence-corrected chi connectivity index (χ4v) is 1.85. The molecule has 0 aliphatic heterocycles. The van der Waals surface area contributed by atoms with Crippen LogP contribution < -0.4 is 11.1 Å². The highest BCUT2D eigenvalue weighted by molar-refractivity contribution is 6.01. The van der Waals surface area contributed by atoms with E-state index < -0.39 is 0 Å². The number of ether oxygens (including phenoxy) is 1. The Morgan fingerprint density at radius 1 is 1.44 bits per heavy atom. The molecule has 2 rings (SSSR count). The third-order valence-electron chi connectivity index (χ3n) is 2.80. The lowest BCUT2D eigenvalue weighted by Gasteiger charge is -2.11. The SMILES string of the molecule is COC(=O)CNc1nccc2c(N)ccc(C)c12. The first-order chi connectivity index (χ1) is 8.63. The summed E-state index contributed by atoms with van der Waals surface area (Å²) in [6.45, 7) is 2.06. The Balaban J connectivity index is 2.45. The number of carbonyl (C=O) groups is 1. The summed E-state index contributed by atoms with van der Waals surface area (Å²) in [6, 6.07) is 5.66. The van der Waals surface area contributed by atoms with Gasteiger partial charge in [0.05, 0.1) is 7.11 Å². The van der Waals surface area contributed by atoms with Crippen LogP contribution in [0.1, 0.15) is 5.56 Å². The molecule has 0 atom stereocenters. The molecule has 1 heterocycles. The molecule has 0 spiro atoms. The molecule has 0 saturated carbocycles. The zero-order valence-electron chi connectivity index (χ0n) is 10.4. The van der Waals surface area contributed by atoms with Crippen LogP contribution in [0.3, 0.4) is 0 Å². The van der Waals surface area contributed by atoms with Crippen LogP contribution in [0.5, 0.6) is 0 Å². The Labute approximate surface area is 105 Å². The van der Waals surface area contributed by atoms with E-state index in [1.807, 2.05) is 25.1 Å². The molecule has 5 heteroatoms. The zero-order valence-corrected chi connectivity index (χ0v) is 10.4. The standard InChI is InChI=1S/C13H15N3O2/c1-8-3-4-10(14)9-5-6-15-13(12(8)9)16-7-11(17)18-2/h3-6H,7,14H2,1-2H3,(H,15,16). The highest BCUT2D eigenvalue weighted by atomic mass is 16.5. The van der Waals surface area contributed by atoms with Gasteiger partial charge in [-0.05, 0) is 24.6 Å². The van der Waals surface area contributed by atoms with E-state index in [0.29, 0.717) is 11.5 Å². The number of esters is 1. The second kappa shape index (κ2) is 4.91. The Bertz CT molecular complexity index is 596. The van der Waals surface area contributed by atoms with Gasteiger partial charge in [-0.1, -0.05) is 6.07 Å². The number of nitrogens with two attached hydrogens (primary N) is 1. The normalized spacial score (nSPS) is 10.3. The number of nitrogen functional groups attached to an aromatic ring is 1. The van der Waals surface area contributed by atoms with Crippen molar-refractivity contribution in [3.8, 4) is 0 Å². The van der Waals surface area contributed by atoms with Crippen LogP contribution in [-0.2, 0) is 9.53 Å². The van der Waals surface area contributed by atoms with Crippen molar-refractivity contribution in [2.75, 3.05) is 24.7 Å². The summed E-state index contributed by atoms with van der Waals surface area (Å²) in [5.74, 6) is 0.304. The predicted molar refractivity (Wildman–Crippen MR) is 71.4 cm³/mol. The van der Waals surface area contributed by atoms with Crippen LogP contribution in [0.2, 0.25) is 0 Å². The molecule has 1 aromatic carbocycles. The summed E-state index contributed by atoms with van der Waals surface area (Å²) in [7, 11) is 1.35. The maximum atomic E-state index is 11.1. The van der Waals surface area contributed by atoms with E-state index in [1.54, 1.807) is 6.20 Å². The number of benzene rings is 1. The third kappa shape index (κ3) is 2.20. The van der Waals surface area contributed by atoms with E-state index in [1.165, 1.54) is 7.11 Å². The smallest absolute Gasteiger partial charge is 0.325 e. The second-order valence-electron chi connectivity index (χ2n) is 3.98. The van der Waals surface area contributed by atoms with Gasteiger partial charge in [0.15, 0.2) is 0 Å². The average molecular weight is 245 g/mol. The molecule has 5 nitrogen and oxygen atoms in total. The van der Waals surface area contributed by atoms with Crippen LogP contribution in [-0.4, -0.2) is 24.6 Å². The van der Waals surface area contributed by atoms with Crippen molar-refractivity contribution in [2.24, 2.45) is 0 Å². The summed E-state index contributed by atoms with van der Waals surface area (Å²) in [4.78, 5) is 15.4. The first-order valence-electron chi connectivity index (χ1n) is 5.58. The maximum absolute atomic E-state index is 11.1. The van der Waals surface area contributed by atoms with Crippen LogP contribution in [0.15, 0.2) is 24.4 Å². The molecule has 0 unspecified atom stereocenters. The van der Waals surface area contributed by atoms with Gasteiger partial charge in [0.1, 0.15) is 12.4 Å². The molecule has 1 aromatic heterocycles. The number of aromatic nitrogens is 1. The summed E-state index contributed by atoms with van der Waals surface area (Å²) in [5.41, 5.74) is 7.68. The molecule has 94 valence electrons. The monoisotopic (exact) mass is 245 g/mol. The van der Waals surface area contributed by atoms with Crippen molar-refractivity contribution in [1.82, 2.24) is 4.98 Å². The van der Waals surface area contributed by atoms with Gasteiger partial charge in [0.25, 0.3) is 0 Å². The lowest BCUT2D eigenvalue weighted by molar-refractivity contribution is -0.138. The molecule has 18 heavy (non-hydrogen) atoms. The van der Waals surface area contributed by atoms with E-state index in [9.17, 15) is 4.79 Å². The number of rotatable bonds is 3.